The predicted octanol–water partition coefficient (Wildman–Crippen LogP) is 3.04. The molecule has 0 radical (unpaired) electrons. The second-order valence-electron chi connectivity index (χ2n) is 7.88. The van der Waals surface area contributed by atoms with Crippen LogP contribution in [0.2, 0.25) is 0 Å². The van der Waals surface area contributed by atoms with E-state index in [4.69, 9.17) is 9.15 Å². The van der Waals surface area contributed by atoms with Crippen molar-refractivity contribution in [2.75, 3.05) is 6.61 Å². The maximum atomic E-state index is 13.3. The van der Waals surface area contributed by atoms with E-state index in [1.807, 2.05) is 44.2 Å². The molecule has 7 heteroatoms. The molecule has 154 valence electrons. The third kappa shape index (κ3) is 2.55. The van der Waals surface area contributed by atoms with Crippen LogP contribution in [0.25, 0.3) is 22.2 Å². The first-order valence-electron chi connectivity index (χ1n) is 9.95. The van der Waals surface area contributed by atoms with Crippen molar-refractivity contribution < 1.29 is 9.15 Å². The van der Waals surface area contributed by atoms with Gasteiger partial charge in [-0.3, -0.25) is 13.9 Å². The van der Waals surface area contributed by atoms with Gasteiger partial charge in [0.2, 0.25) is 0 Å². The molecule has 4 aromatic rings. The van der Waals surface area contributed by atoms with E-state index in [1.165, 1.54) is 11.6 Å². The Balaban J connectivity index is 1.97. The van der Waals surface area contributed by atoms with Crippen LogP contribution in [0.3, 0.4) is 0 Å². The van der Waals surface area contributed by atoms with Crippen LogP contribution in [0, 0.1) is 13.8 Å². The van der Waals surface area contributed by atoms with Crippen LogP contribution < -0.4 is 11.2 Å². The van der Waals surface area contributed by atoms with Gasteiger partial charge in [-0.25, -0.2) is 4.79 Å². The van der Waals surface area contributed by atoms with Crippen LogP contribution in [0.5, 0.6) is 0 Å². The van der Waals surface area contributed by atoms with Crippen LogP contribution in [-0.4, -0.2) is 20.3 Å². The van der Waals surface area contributed by atoms with Gasteiger partial charge in [0.15, 0.2) is 6.10 Å². The normalized spacial score (nSPS) is 16.2. The molecule has 1 atom stereocenters. The Hall–Kier alpha value is -3.32. The largest absolute Gasteiger partial charge is 0.463 e. The van der Waals surface area contributed by atoms with Gasteiger partial charge in [0.25, 0.3) is 5.56 Å². The fourth-order valence-corrected chi connectivity index (χ4v) is 4.48. The van der Waals surface area contributed by atoms with E-state index in [0.717, 1.165) is 28.3 Å². The summed E-state index contributed by atoms with van der Waals surface area (Å²) in [4.78, 5) is 26.1. The van der Waals surface area contributed by atoms with Crippen molar-refractivity contribution >= 4 is 10.9 Å². The van der Waals surface area contributed by atoms with Crippen molar-refractivity contribution in [3.8, 4) is 11.3 Å². The number of nitrogens with zero attached hydrogens (tertiary/aromatic N) is 3. The summed E-state index contributed by atoms with van der Waals surface area (Å²) in [6.07, 6.45) is -0.494. The second-order valence-corrected chi connectivity index (χ2v) is 7.88. The molecule has 1 aliphatic rings. The molecule has 1 aliphatic heterocycles. The first kappa shape index (κ1) is 18.7. The van der Waals surface area contributed by atoms with Gasteiger partial charge in [-0.15, -0.1) is 0 Å². The summed E-state index contributed by atoms with van der Waals surface area (Å²) in [6.45, 7) is 4.97. The number of aryl methyl sites for hydroxylation is 3. The number of ether oxygens (including phenoxy) is 1. The number of fused-ring (bicyclic) bond motifs is 3. The standard InChI is InChI=1S/C23H23N3O4/c1-13-6-5-7-15(12-13)18-17-19(24(3)23(28)25(4)22(17)27)20-21(29-11-10-26(18)20)16-9-8-14(2)30-16/h5-9,12,21H,10-11H2,1-4H3/t21-/m0/s1. The van der Waals surface area contributed by atoms with Gasteiger partial charge in [-0.2, -0.15) is 0 Å². The molecule has 0 N–H and O–H groups in total. The minimum absolute atomic E-state index is 0.305. The van der Waals surface area contributed by atoms with Crippen molar-refractivity contribution in [3.63, 3.8) is 0 Å². The van der Waals surface area contributed by atoms with Crippen molar-refractivity contribution in [2.24, 2.45) is 14.1 Å². The summed E-state index contributed by atoms with van der Waals surface area (Å²) in [6, 6.07) is 11.9. The maximum absolute atomic E-state index is 13.3. The van der Waals surface area contributed by atoms with E-state index >= 15 is 0 Å². The lowest BCUT2D eigenvalue weighted by Crippen LogP contribution is -2.37. The summed E-state index contributed by atoms with van der Waals surface area (Å²) in [7, 11) is 3.22. The fourth-order valence-electron chi connectivity index (χ4n) is 4.48. The first-order chi connectivity index (χ1) is 14.4. The molecule has 1 aromatic carbocycles. The summed E-state index contributed by atoms with van der Waals surface area (Å²) < 4.78 is 16.8. The van der Waals surface area contributed by atoms with Crippen LogP contribution in [-0.2, 0) is 25.4 Å². The molecule has 0 spiro atoms. The minimum atomic E-state index is -0.494. The number of furan rings is 1. The molecule has 5 rings (SSSR count). The highest BCUT2D eigenvalue weighted by Crippen LogP contribution is 2.40. The van der Waals surface area contributed by atoms with Crippen molar-refractivity contribution in [1.82, 2.24) is 13.7 Å². The lowest BCUT2D eigenvalue weighted by molar-refractivity contribution is 0.0342. The van der Waals surface area contributed by atoms with Gasteiger partial charge in [-0.1, -0.05) is 23.8 Å². The maximum Gasteiger partial charge on any atom is 0.331 e. The van der Waals surface area contributed by atoms with Gasteiger partial charge < -0.3 is 13.7 Å². The highest BCUT2D eigenvalue weighted by molar-refractivity contribution is 5.96. The molecule has 0 fully saturated rings. The average molecular weight is 405 g/mol. The second kappa shape index (κ2) is 6.60. The van der Waals surface area contributed by atoms with Gasteiger partial charge in [0, 0.05) is 20.6 Å². The number of hydrogen-bond acceptors (Lipinski definition) is 4. The third-order valence-electron chi connectivity index (χ3n) is 5.86. The quantitative estimate of drug-likeness (QED) is 0.514. The third-order valence-corrected chi connectivity index (χ3v) is 5.86. The fraction of sp³-hybridized carbons (Fsp3) is 0.304. The molecule has 0 unspecified atom stereocenters. The zero-order chi connectivity index (χ0) is 21.2. The Morgan fingerprint density at radius 3 is 2.53 bits per heavy atom. The lowest BCUT2D eigenvalue weighted by atomic mass is 10.1. The van der Waals surface area contributed by atoms with Gasteiger partial charge in [0.1, 0.15) is 11.5 Å². The minimum Gasteiger partial charge on any atom is -0.463 e. The Morgan fingerprint density at radius 2 is 1.83 bits per heavy atom. The Kier molecular flexibility index (Phi) is 4.11. The molecule has 0 amide bonds. The summed E-state index contributed by atoms with van der Waals surface area (Å²) in [5, 5.41) is 0.527. The molecule has 30 heavy (non-hydrogen) atoms. The molecule has 0 saturated heterocycles. The molecule has 0 aliphatic carbocycles. The molecular formula is C23H23N3O4. The van der Waals surface area contributed by atoms with E-state index < -0.39 is 6.10 Å². The van der Waals surface area contributed by atoms with E-state index in [-0.39, 0.29) is 11.2 Å². The van der Waals surface area contributed by atoms with E-state index in [0.29, 0.717) is 29.8 Å². The monoisotopic (exact) mass is 405 g/mol. The molecule has 0 saturated carbocycles. The van der Waals surface area contributed by atoms with Gasteiger partial charge >= 0.3 is 5.69 Å². The van der Waals surface area contributed by atoms with E-state index in [1.54, 1.807) is 11.6 Å². The summed E-state index contributed by atoms with van der Waals surface area (Å²) >= 11 is 0. The van der Waals surface area contributed by atoms with Crippen LogP contribution in [0.1, 0.15) is 28.9 Å². The molecule has 0 bridgehead atoms. The summed E-state index contributed by atoms with van der Waals surface area (Å²) in [5.41, 5.74) is 3.56. The van der Waals surface area contributed by atoms with E-state index in [9.17, 15) is 9.59 Å². The number of aromatic nitrogens is 3. The van der Waals surface area contributed by atoms with Crippen molar-refractivity contribution in [3.05, 3.63) is 80.0 Å². The molecule has 3 aromatic heterocycles. The first-order valence-corrected chi connectivity index (χ1v) is 9.95. The zero-order valence-electron chi connectivity index (χ0n) is 17.4. The van der Waals surface area contributed by atoms with Crippen molar-refractivity contribution in [2.45, 2.75) is 26.5 Å². The SMILES string of the molecule is Cc1cccc(-c2c3c(=O)n(C)c(=O)n(C)c3c3n2CCO[C@H]3c2ccc(C)o2)c1. The molecular weight excluding hydrogens is 382 g/mol. The topological polar surface area (TPSA) is 71.3 Å². The van der Waals surface area contributed by atoms with Gasteiger partial charge in [0.05, 0.1) is 28.9 Å². The number of hydrogen-bond donors (Lipinski definition) is 0. The lowest BCUT2D eigenvalue weighted by Gasteiger charge is -2.26. The smallest absolute Gasteiger partial charge is 0.331 e. The van der Waals surface area contributed by atoms with Gasteiger partial charge in [-0.05, 0) is 37.6 Å². The molecule has 7 nitrogen and oxygen atoms in total. The highest BCUT2D eigenvalue weighted by Gasteiger charge is 2.34. The van der Waals surface area contributed by atoms with Crippen LogP contribution >= 0.6 is 0 Å². The Bertz CT molecular complexity index is 1420. The Morgan fingerprint density at radius 1 is 1.03 bits per heavy atom. The summed E-state index contributed by atoms with van der Waals surface area (Å²) in [5.74, 6) is 1.45. The zero-order valence-corrected chi connectivity index (χ0v) is 17.4. The van der Waals surface area contributed by atoms with Crippen LogP contribution in [0.15, 0.2) is 50.4 Å². The number of rotatable bonds is 2. The highest BCUT2D eigenvalue weighted by atomic mass is 16.5. The van der Waals surface area contributed by atoms with Crippen molar-refractivity contribution in [1.29, 1.82) is 0 Å². The molecule has 4 heterocycles. The van der Waals surface area contributed by atoms with E-state index in [2.05, 4.69) is 10.6 Å². The average Bonchev–Trinajstić information content (AvgIpc) is 3.32. The number of benzene rings is 1. The Labute approximate surface area is 172 Å². The van der Waals surface area contributed by atoms with Crippen LogP contribution in [0.4, 0.5) is 0 Å². The predicted molar refractivity (Wildman–Crippen MR) is 114 cm³/mol.